The zero-order chi connectivity index (χ0) is 30.7. The summed E-state index contributed by atoms with van der Waals surface area (Å²) in [6.07, 6.45) is 0. The summed E-state index contributed by atoms with van der Waals surface area (Å²) >= 11 is 0. The molecule has 8 aromatic rings. The number of rotatable bonds is 7. The molecule has 0 unspecified atom stereocenters. The van der Waals surface area contributed by atoms with E-state index in [1.807, 2.05) is 24.3 Å². The van der Waals surface area contributed by atoms with Crippen LogP contribution in [-0.4, -0.2) is 4.98 Å². The molecule has 1 heterocycles. The summed E-state index contributed by atoms with van der Waals surface area (Å²) in [4.78, 5) is 6.96. The Bertz CT molecular complexity index is 2160. The van der Waals surface area contributed by atoms with Gasteiger partial charge in [0, 0.05) is 22.6 Å². The van der Waals surface area contributed by atoms with Crippen molar-refractivity contribution in [1.82, 2.24) is 4.98 Å². The Hall–Kier alpha value is -6.19. The molecule has 0 saturated carbocycles. The number of hydrogen-bond acceptors (Lipinski definition) is 3. The van der Waals surface area contributed by atoms with E-state index in [1.165, 1.54) is 27.8 Å². The molecule has 0 bridgehead atoms. The second-order valence-corrected chi connectivity index (χ2v) is 11.2. The molecule has 0 saturated heterocycles. The number of hydrogen-bond donors (Lipinski definition) is 0. The molecular formula is C43H30N2O. The van der Waals surface area contributed by atoms with Crippen LogP contribution in [-0.2, 0) is 0 Å². The van der Waals surface area contributed by atoms with Gasteiger partial charge >= 0.3 is 0 Å². The van der Waals surface area contributed by atoms with Crippen LogP contribution in [0.1, 0.15) is 0 Å². The van der Waals surface area contributed by atoms with E-state index < -0.39 is 0 Å². The second-order valence-electron chi connectivity index (χ2n) is 11.2. The molecule has 0 spiro atoms. The fraction of sp³-hybridized carbons (Fsp3) is 0. The average Bonchev–Trinajstić information content (AvgIpc) is 3.58. The first kappa shape index (κ1) is 27.4. The maximum Gasteiger partial charge on any atom is 0.227 e. The average molecular weight is 591 g/mol. The third kappa shape index (κ3) is 5.25. The van der Waals surface area contributed by atoms with E-state index in [0.717, 1.165) is 39.3 Å². The molecule has 8 rings (SSSR count). The summed E-state index contributed by atoms with van der Waals surface area (Å²) in [5.74, 6) is 0.632. The monoisotopic (exact) mass is 590 g/mol. The topological polar surface area (TPSA) is 29.3 Å². The largest absolute Gasteiger partial charge is 0.436 e. The third-order valence-electron chi connectivity index (χ3n) is 8.35. The van der Waals surface area contributed by atoms with E-state index in [2.05, 4.69) is 168 Å². The van der Waals surface area contributed by atoms with Gasteiger partial charge < -0.3 is 9.32 Å². The number of fused-ring (bicyclic) bond motifs is 1. The molecule has 0 radical (unpaired) electrons. The summed E-state index contributed by atoms with van der Waals surface area (Å²) in [5.41, 5.74) is 13.0. The van der Waals surface area contributed by atoms with Crippen LogP contribution in [0.15, 0.2) is 186 Å². The lowest BCUT2D eigenvalue weighted by Gasteiger charge is -2.25. The van der Waals surface area contributed by atoms with E-state index >= 15 is 0 Å². The summed E-state index contributed by atoms with van der Waals surface area (Å²) < 4.78 is 6.02. The molecule has 0 aliphatic heterocycles. The minimum absolute atomic E-state index is 0.632. The highest BCUT2D eigenvalue weighted by Crippen LogP contribution is 2.40. The Morgan fingerprint density at radius 1 is 0.348 bits per heavy atom. The minimum atomic E-state index is 0.632. The van der Waals surface area contributed by atoms with Gasteiger partial charge in [-0.3, -0.25) is 0 Å². The standard InChI is InChI=1S/C43H30N2O/c1-3-13-34(14-4-1)45(35-15-5-2-6-16-35)36-29-27-32(28-30-36)38-18-8-10-20-40(38)39-19-9-7-17-37(39)31-23-25-33(26-24-31)43-44-41-21-11-12-22-42(41)46-43/h1-30H. The Morgan fingerprint density at radius 3 is 1.30 bits per heavy atom. The predicted molar refractivity (Wildman–Crippen MR) is 190 cm³/mol. The van der Waals surface area contributed by atoms with Crippen LogP contribution in [0.2, 0.25) is 0 Å². The highest BCUT2D eigenvalue weighted by Gasteiger charge is 2.15. The summed E-state index contributed by atoms with van der Waals surface area (Å²) in [7, 11) is 0. The lowest BCUT2D eigenvalue weighted by atomic mass is 9.89. The summed E-state index contributed by atoms with van der Waals surface area (Å²) in [5, 5.41) is 0. The highest BCUT2D eigenvalue weighted by molar-refractivity contribution is 5.92. The van der Waals surface area contributed by atoms with Crippen LogP contribution in [0.3, 0.4) is 0 Å². The van der Waals surface area contributed by atoms with Crippen molar-refractivity contribution in [2.45, 2.75) is 0 Å². The highest BCUT2D eigenvalue weighted by atomic mass is 16.3. The normalized spacial score (nSPS) is 11.0. The Labute approximate surface area is 268 Å². The van der Waals surface area contributed by atoms with Crippen LogP contribution in [0.5, 0.6) is 0 Å². The molecule has 46 heavy (non-hydrogen) atoms. The van der Waals surface area contributed by atoms with E-state index in [0.29, 0.717) is 5.89 Å². The van der Waals surface area contributed by atoms with Crippen LogP contribution in [0.4, 0.5) is 17.1 Å². The maximum absolute atomic E-state index is 6.02. The zero-order valence-corrected chi connectivity index (χ0v) is 25.1. The van der Waals surface area contributed by atoms with Gasteiger partial charge in [-0.1, -0.05) is 121 Å². The van der Waals surface area contributed by atoms with E-state index in [-0.39, 0.29) is 0 Å². The van der Waals surface area contributed by atoms with Gasteiger partial charge in [-0.25, -0.2) is 4.98 Å². The van der Waals surface area contributed by atoms with Crippen molar-refractivity contribution in [3.8, 4) is 44.8 Å². The predicted octanol–water partition coefficient (Wildman–Crippen LogP) is 12.0. The van der Waals surface area contributed by atoms with Crippen molar-refractivity contribution < 1.29 is 4.42 Å². The molecule has 3 heteroatoms. The molecule has 0 aliphatic carbocycles. The summed E-state index contributed by atoms with van der Waals surface area (Å²) in [6.45, 7) is 0. The van der Waals surface area contributed by atoms with Gasteiger partial charge in [-0.2, -0.15) is 0 Å². The minimum Gasteiger partial charge on any atom is -0.436 e. The summed E-state index contributed by atoms with van der Waals surface area (Å²) in [6, 6.07) is 63.5. The van der Waals surface area contributed by atoms with E-state index in [9.17, 15) is 0 Å². The number of benzene rings is 7. The Kier molecular flexibility index (Phi) is 7.18. The van der Waals surface area contributed by atoms with Crippen molar-refractivity contribution in [2.75, 3.05) is 4.90 Å². The Balaban J connectivity index is 1.14. The second kappa shape index (κ2) is 12.1. The first-order valence-corrected chi connectivity index (χ1v) is 15.5. The third-order valence-corrected chi connectivity index (χ3v) is 8.35. The van der Waals surface area contributed by atoms with Gasteiger partial charge in [0.25, 0.3) is 0 Å². The molecule has 218 valence electrons. The fourth-order valence-electron chi connectivity index (χ4n) is 6.12. The van der Waals surface area contributed by atoms with Crippen LogP contribution in [0.25, 0.3) is 55.9 Å². The lowest BCUT2D eigenvalue weighted by Crippen LogP contribution is -2.09. The number of oxazole rings is 1. The number of para-hydroxylation sites is 4. The van der Waals surface area contributed by atoms with E-state index in [1.54, 1.807) is 0 Å². The molecule has 7 aromatic carbocycles. The smallest absolute Gasteiger partial charge is 0.227 e. The first-order chi connectivity index (χ1) is 22.8. The molecule has 3 nitrogen and oxygen atoms in total. The Morgan fingerprint density at radius 2 is 0.761 bits per heavy atom. The molecule has 0 fully saturated rings. The van der Waals surface area contributed by atoms with Gasteiger partial charge in [-0.05, 0) is 94.0 Å². The van der Waals surface area contributed by atoms with E-state index in [4.69, 9.17) is 4.42 Å². The first-order valence-electron chi connectivity index (χ1n) is 15.5. The van der Waals surface area contributed by atoms with Crippen molar-refractivity contribution >= 4 is 28.2 Å². The van der Waals surface area contributed by atoms with Gasteiger partial charge in [-0.15, -0.1) is 0 Å². The van der Waals surface area contributed by atoms with Gasteiger partial charge in [0.2, 0.25) is 5.89 Å². The molecule has 0 amide bonds. The molecule has 0 N–H and O–H groups in total. The molecule has 0 aliphatic rings. The molecule has 0 atom stereocenters. The number of nitrogens with zero attached hydrogens (tertiary/aromatic N) is 2. The maximum atomic E-state index is 6.02. The van der Waals surface area contributed by atoms with Gasteiger partial charge in [0.15, 0.2) is 5.58 Å². The van der Waals surface area contributed by atoms with Crippen LogP contribution in [0, 0.1) is 0 Å². The van der Waals surface area contributed by atoms with Crippen molar-refractivity contribution in [3.63, 3.8) is 0 Å². The van der Waals surface area contributed by atoms with Crippen molar-refractivity contribution in [1.29, 1.82) is 0 Å². The number of anilines is 3. The number of aromatic nitrogens is 1. The zero-order valence-electron chi connectivity index (χ0n) is 25.1. The SMILES string of the molecule is c1ccc(N(c2ccccc2)c2ccc(-c3ccccc3-c3ccccc3-c3ccc(-c4nc5ccccc5o4)cc3)cc2)cc1. The van der Waals surface area contributed by atoms with Gasteiger partial charge in [0.1, 0.15) is 5.52 Å². The van der Waals surface area contributed by atoms with Crippen molar-refractivity contribution in [3.05, 3.63) is 182 Å². The van der Waals surface area contributed by atoms with Crippen LogP contribution >= 0.6 is 0 Å². The van der Waals surface area contributed by atoms with Crippen molar-refractivity contribution in [2.24, 2.45) is 0 Å². The lowest BCUT2D eigenvalue weighted by molar-refractivity contribution is 0.620. The quantitative estimate of drug-likeness (QED) is 0.185. The van der Waals surface area contributed by atoms with Crippen LogP contribution < -0.4 is 4.90 Å². The molecular weight excluding hydrogens is 560 g/mol. The fourth-order valence-corrected chi connectivity index (χ4v) is 6.12. The van der Waals surface area contributed by atoms with Gasteiger partial charge in [0.05, 0.1) is 0 Å². The molecule has 1 aromatic heterocycles.